The average molecular weight is 210 g/mol. The summed E-state index contributed by atoms with van der Waals surface area (Å²) >= 11 is 0. The molecule has 15 heavy (non-hydrogen) atoms. The van der Waals surface area contributed by atoms with Crippen LogP contribution in [0.5, 0.6) is 11.5 Å². The molecular formula is C11H14O4. The first-order valence-electron chi connectivity index (χ1n) is 4.49. The maximum atomic E-state index is 11.1. The van der Waals surface area contributed by atoms with Crippen molar-refractivity contribution in [1.82, 2.24) is 0 Å². The van der Waals surface area contributed by atoms with Crippen LogP contribution < -0.4 is 9.47 Å². The van der Waals surface area contributed by atoms with Crippen LogP contribution in [0.15, 0.2) is 18.2 Å². The molecule has 0 aliphatic carbocycles. The summed E-state index contributed by atoms with van der Waals surface area (Å²) in [5.41, 5.74) is 0.783. The van der Waals surface area contributed by atoms with Gasteiger partial charge in [0.25, 0.3) is 0 Å². The van der Waals surface area contributed by atoms with E-state index in [9.17, 15) is 4.79 Å². The zero-order valence-corrected chi connectivity index (χ0v) is 9.07. The Kier molecular flexibility index (Phi) is 3.97. The third-order valence-corrected chi connectivity index (χ3v) is 2.06. The van der Waals surface area contributed by atoms with Gasteiger partial charge in [0.05, 0.1) is 27.8 Å². The Bertz CT molecular complexity index is 346. The van der Waals surface area contributed by atoms with Crippen LogP contribution in [0.25, 0.3) is 0 Å². The summed E-state index contributed by atoms with van der Waals surface area (Å²) in [6, 6.07) is 5.30. The Hall–Kier alpha value is -1.71. The Morgan fingerprint density at radius 1 is 1.20 bits per heavy atom. The first-order chi connectivity index (χ1) is 7.21. The molecule has 4 heteroatoms. The number of ether oxygens (including phenoxy) is 3. The lowest BCUT2D eigenvalue weighted by molar-refractivity contribution is -0.139. The van der Waals surface area contributed by atoms with Gasteiger partial charge in [0.1, 0.15) is 11.5 Å². The van der Waals surface area contributed by atoms with Crippen LogP contribution in [0.3, 0.4) is 0 Å². The minimum absolute atomic E-state index is 0.198. The number of hydrogen-bond donors (Lipinski definition) is 0. The van der Waals surface area contributed by atoms with Gasteiger partial charge in [0.15, 0.2) is 0 Å². The summed E-state index contributed by atoms with van der Waals surface area (Å²) in [5, 5.41) is 0. The summed E-state index contributed by atoms with van der Waals surface area (Å²) in [7, 11) is 4.49. The van der Waals surface area contributed by atoms with E-state index in [1.807, 2.05) is 0 Å². The highest BCUT2D eigenvalue weighted by molar-refractivity contribution is 5.73. The third-order valence-electron chi connectivity index (χ3n) is 2.06. The van der Waals surface area contributed by atoms with Crippen LogP contribution in [-0.2, 0) is 16.0 Å². The first kappa shape index (κ1) is 11.4. The predicted octanol–water partition coefficient (Wildman–Crippen LogP) is 1.42. The Morgan fingerprint density at radius 2 is 1.93 bits per heavy atom. The maximum Gasteiger partial charge on any atom is 0.310 e. The molecule has 0 N–H and O–H groups in total. The molecule has 1 aromatic carbocycles. The molecule has 0 heterocycles. The Morgan fingerprint density at radius 3 is 2.47 bits per heavy atom. The van der Waals surface area contributed by atoms with Crippen molar-refractivity contribution in [3.05, 3.63) is 23.8 Å². The van der Waals surface area contributed by atoms with E-state index in [0.29, 0.717) is 11.5 Å². The molecule has 0 spiro atoms. The van der Waals surface area contributed by atoms with E-state index in [0.717, 1.165) is 5.56 Å². The first-order valence-corrected chi connectivity index (χ1v) is 4.49. The zero-order valence-electron chi connectivity index (χ0n) is 9.07. The van der Waals surface area contributed by atoms with Crippen LogP contribution in [0.2, 0.25) is 0 Å². The highest BCUT2D eigenvalue weighted by Crippen LogP contribution is 2.24. The average Bonchev–Trinajstić information content (AvgIpc) is 2.29. The molecule has 1 aromatic rings. The lowest BCUT2D eigenvalue weighted by Crippen LogP contribution is -2.05. The molecule has 0 radical (unpaired) electrons. The van der Waals surface area contributed by atoms with E-state index in [4.69, 9.17) is 9.47 Å². The Balaban J connectivity index is 2.92. The van der Waals surface area contributed by atoms with Crippen molar-refractivity contribution >= 4 is 5.97 Å². The molecule has 0 aromatic heterocycles. The number of esters is 1. The van der Waals surface area contributed by atoms with Crippen LogP contribution in [0, 0.1) is 0 Å². The van der Waals surface area contributed by atoms with Gasteiger partial charge in [0.2, 0.25) is 0 Å². The minimum Gasteiger partial charge on any atom is -0.497 e. The van der Waals surface area contributed by atoms with Gasteiger partial charge in [-0.15, -0.1) is 0 Å². The monoisotopic (exact) mass is 210 g/mol. The number of hydrogen-bond acceptors (Lipinski definition) is 4. The van der Waals surface area contributed by atoms with Crippen LogP contribution in [0.1, 0.15) is 5.56 Å². The van der Waals surface area contributed by atoms with Crippen molar-refractivity contribution in [2.24, 2.45) is 0 Å². The molecule has 0 aliphatic heterocycles. The fourth-order valence-corrected chi connectivity index (χ4v) is 1.23. The zero-order chi connectivity index (χ0) is 11.3. The molecule has 1 rings (SSSR count). The molecule has 0 fully saturated rings. The molecule has 0 aliphatic rings. The van der Waals surface area contributed by atoms with E-state index < -0.39 is 0 Å². The molecule has 0 bridgehead atoms. The smallest absolute Gasteiger partial charge is 0.310 e. The lowest BCUT2D eigenvalue weighted by atomic mass is 10.1. The van der Waals surface area contributed by atoms with Crippen LogP contribution in [0.4, 0.5) is 0 Å². The van der Waals surface area contributed by atoms with Crippen molar-refractivity contribution in [1.29, 1.82) is 0 Å². The molecule has 0 saturated carbocycles. The topological polar surface area (TPSA) is 44.8 Å². The normalized spacial score (nSPS) is 9.53. The van der Waals surface area contributed by atoms with Gasteiger partial charge >= 0.3 is 5.97 Å². The predicted molar refractivity (Wildman–Crippen MR) is 55.3 cm³/mol. The van der Waals surface area contributed by atoms with Crippen molar-refractivity contribution in [2.45, 2.75) is 6.42 Å². The molecule has 4 nitrogen and oxygen atoms in total. The van der Waals surface area contributed by atoms with Crippen molar-refractivity contribution in [3.8, 4) is 11.5 Å². The van der Waals surface area contributed by atoms with Gasteiger partial charge < -0.3 is 14.2 Å². The number of benzene rings is 1. The lowest BCUT2D eigenvalue weighted by Gasteiger charge is -2.09. The van der Waals surface area contributed by atoms with Gasteiger partial charge in [-0.3, -0.25) is 4.79 Å². The van der Waals surface area contributed by atoms with E-state index >= 15 is 0 Å². The molecule has 0 atom stereocenters. The quantitative estimate of drug-likeness (QED) is 0.705. The summed E-state index contributed by atoms with van der Waals surface area (Å²) in [4.78, 5) is 11.1. The van der Waals surface area contributed by atoms with Gasteiger partial charge in [-0.25, -0.2) is 0 Å². The summed E-state index contributed by atoms with van der Waals surface area (Å²) in [6.07, 6.45) is 0.198. The second-order valence-corrected chi connectivity index (χ2v) is 2.93. The van der Waals surface area contributed by atoms with Gasteiger partial charge in [0, 0.05) is 11.6 Å². The van der Waals surface area contributed by atoms with Gasteiger partial charge in [-0.05, 0) is 6.07 Å². The summed E-state index contributed by atoms with van der Waals surface area (Å²) in [5.74, 6) is 1.03. The molecule has 82 valence electrons. The molecular weight excluding hydrogens is 196 g/mol. The molecule has 0 saturated heterocycles. The summed E-state index contributed by atoms with van der Waals surface area (Å²) in [6.45, 7) is 0. The number of carbonyl (C=O) groups is 1. The number of rotatable bonds is 4. The highest BCUT2D eigenvalue weighted by atomic mass is 16.5. The van der Waals surface area contributed by atoms with Crippen molar-refractivity contribution in [3.63, 3.8) is 0 Å². The van der Waals surface area contributed by atoms with Gasteiger partial charge in [-0.2, -0.15) is 0 Å². The van der Waals surface area contributed by atoms with E-state index in [1.54, 1.807) is 32.4 Å². The standard InChI is InChI=1S/C11H14O4/c1-13-9-5-4-8(6-11(12)15-3)10(7-9)14-2/h4-5,7H,6H2,1-3H3. The van der Waals surface area contributed by atoms with Crippen LogP contribution in [-0.4, -0.2) is 27.3 Å². The third kappa shape index (κ3) is 2.87. The fourth-order valence-electron chi connectivity index (χ4n) is 1.23. The summed E-state index contributed by atoms with van der Waals surface area (Å²) < 4.78 is 14.8. The SMILES string of the molecule is COC(=O)Cc1ccc(OC)cc1OC. The molecule has 0 unspecified atom stereocenters. The minimum atomic E-state index is -0.293. The largest absolute Gasteiger partial charge is 0.497 e. The van der Waals surface area contributed by atoms with Gasteiger partial charge in [-0.1, -0.05) is 6.07 Å². The van der Waals surface area contributed by atoms with E-state index in [1.165, 1.54) is 7.11 Å². The van der Waals surface area contributed by atoms with E-state index in [2.05, 4.69) is 4.74 Å². The van der Waals surface area contributed by atoms with Crippen LogP contribution >= 0.6 is 0 Å². The number of carbonyl (C=O) groups excluding carboxylic acids is 1. The number of methoxy groups -OCH3 is 3. The van der Waals surface area contributed by atoms with E-state index in [-0.39, 0.29) is 12.4 Å². The Labute approximate surface area is 88.8 Å². The van der Waals surface area contributed by atoms with Crippen molar-refractivity contribution < 1.29 is 19.0 Å². The highest BCUT2D eigenvalue weighted by Gasteiger charge is 2.09. The second kappa shape index (κ2) is 5.24. The maximum absolute atomic E-state index is 11.1. The molecule has 0 amide bonds. The van der Waals surface area contributed by atoms with Crippen molar-refractivity contribution in [2.75, 3.05) is 21.3 Å². The second-order valence-electron chi connectivity index (χ2n) is 2.93. The fraction of sp³-hybridized carbons (Fsp3) is 0.364.